The Balaban J connectivity index is 2.37. The summed E-state index contributed by atoms with van der Waals surface area (Å²) >= 11 is 0. The highest BCUT2D eigenvalue weighted by Gasteiger charge is 2.29. The minimum atomic E-state index is -0.517. The Morgan fingerprint density at radius 3 is 2.40 bits per heavy atom. The van der Waals surface area contributed by atoms with Gasteiger partial charge in [0, 0.05) is 0 Å². The zero-order valence-electron chi connectivity index (χ0n) is 9.58. The molecule has 1 aliphatic carbocycles. The number of alkyl carbamates (subject to hydrolysis) is 1. The number of aldehydes is 1. The van der Waals surface area contributed by atoms with Gasteiger partial charge < -0.3 is 14.8 Å². The summed E-state index contributed by atoms with van der Waals surface area (Å²) < 4.78 is 5.08. The van der Waals surface area contributed by atoms with E-state index < -0.39 is 11.7 Å². The van der Waals surface area contributed by atoms with Gasteiger partial charge in [0.1, 0.15) is 11.9 Å². The second-order valence-electron chi connectivity index (χ2n) is 5.00. The first-order valence-electron chi connectivity index (χ1n) is 5.37. The summed E-state index contributed by atoms with van der Waals surface area (Å²) in [5.74, 6) is 0.301. The molecular weight excluding hydrogens is 194 g/mol. The van der Waals surface area contributed by atoms with Crippen LogP contribution in [0.1, 0.15) is 40.0 Å². The van der Waals surface area contributed by atoms with Crippen LogP contribution >= 0.6 is 0 Å². The van der Waals surface area contributed by atoms with Gasteiger partial charge in [-0.2, -0.15) is 0 Å². The smallest absolute Gasteiger partial charge is 0.408 e. The van der Waals surface area contributed by atoms with E-state index in [0.717, 1.165) is 25.5 Å². The lowest BCUT2D eigenvalue weighted by Gasteiger charge is -2.31. The maximum atomic E-state index is 11.4. The molecule has 4 heteroatoms. The minimum absolute atomic E-state index is 0.301. The molecule has 1 fully saturated rings. The largest absolute Gasteiger partial charge is 0.444 e. The highest BCUT2D eigenvalue weighted by atomic mass is 16.6. The van der Waals surface area contributed by atoms with Crippen LogP contribution in [0.3, 0.4) is 0 Å². The van der Waals surface area contributed by atoms with Crippen LogP contribution in [0.2, 0.25) is 0 Å². The van der Waals surface area contributed by atoms with Crippen LogP contribution < -0.4 is 5.32 Å². The molecule has 0 bridgehead atoms. The third kappa shape index (κ3) is 3.90. The molecule has 0 aromatic carbocycles. The third-order valence-corrected chi connectivity index (χ3v) is 2.49. The van der Waals surface area contributed by atoms with E-state index >= 15 is 0 Å². The monoisotopic (exact) mass is 213 g/mol. The zero-order chi connectivity index (χ0) is 11.5. The van der Waals surface area contributed by atoms with Crippen LogP contribution in [-0.2, 0) is 9.53 Å². The van der Waals surface area contributed by atoms with Crippen LogP contribution in [0.4, 0.5) is 4.79 Å². The molecule has 1 unspecified atom stereocenters. The molecule has 86 valence electrons. The van der Waals surface area contributed by atoms with Crippen molar-refractivity contribution in [3.05, 3.63) is 0 Å². The molecule has 4 nitrogen and oxygen atoms in total. The fourth-order valence-electron chi connectivity index (χ4n) is 1.51. The van der Waals surface area contributed by atoms with Gasteiger partial charge in [0.2, 0.25) is 0 Å². The lowest BCUT2D eigenvalue weighted by Crippen LogP contribution is -2.45. The summed E-state index contributed by atoms with van der Waals surface area (Å²) in [5, 5.41) is 2.60. The van der Waals surface area contributed by atoms with Gasteiger partial charge >= 0.3 is 6.09 Å². The van der Waals surface area contributed by atoms with Crippen molar-refractivity contribution in [2.75, 3.05) is 0 Å². The first-order valence-corrected chi connectivity index (χ1v) is 5.37. The highest BCUT2D eigenvalue weighted by Crippen LogP contribution is 2.28. The molecule has 0 spiro atoms. The Kier molecular flexibility index (Phi) is 3.72. The number of rotatable bonds is 3. The van der Waals surface area contributed by atoms with Crippen molar-refractivity contribution in [1.29, 1.82) is 0 Å². The molecule has 1 rings (SSSR count). The van der Waals surface area contributed by atoms with Gasteiger partial charge in [0.25, 0.3) is 0 Å². The highest BCUT2D eigenvalue weighted by molar-refractivity contribution is 5.73. The van der Waals surface area contributed by atoms with Crippen molar-refractivity contribution < 1.29 is 14.3 Å². The first kappa shape index (κ1) is 12.0. The van der Waals surface area contributed by atoms with E-state index in [1.54, 1.807) is 20.8 Å². The minimum Gasteiger partial charge on any atom is -0.444 e. The van der Waals surface area contributed by atoms with Gasteiger partial charge in [-0.3, -0.25) is 0 Å². The summed E-state index contributed by atoms with van der Waals surface area (Å²) in [6.45, 7) is 5.39. The summed E-state index contributed by atoms with van der Waals surface area (Å²) in [4.78, 5) is 22.2. The summed E-state index contributed by atoms with van der Waals surface area (Å²) in [7, 11) is 0. The molecule has 1 N–H and O–H groups in total. The molecular formula is C11H19NO3. The maximum absolute atomic E-state index is 11.4. The van der Waals surface area contributed by atoms with Gasteiger partial charge in [0.05, 0.1) is 6.04 Å². The van der Waals surface area contributed by atoms with Crippen molar-refractivity contribution in [2.45, 2.75) is 51.7 Å². The van der Waals surface area contributed by atoms with Crippen molar-refractivity contribution in [3.63, 3.8) is 0 Å². The number of nitrogens with one attached hydrogen (secondary N) is 1. The van der Waals surface area contributed by atoms with Crippen LogP contribution in [-0.4, -0.2) is 24.0 Å². The molecule has 1 amide bonds. The predicted octanol–water partition coefficient (Wildman–Crippen LogP) is 1.88. The molecule has 0 aromatic heterocycles. The van der Waals surface area contributed by atoms with Crippen molar-refractivity contribution in [1.82, 2.24) is 5.32 Å². The maximum Gasteiger partial charge on any atom is 0.408 e. The van der Waals surface area contributed by atoms with Crippen molar-refractivity contribution in [3.8, 4) is 0 Å². The zero-order valence-corrected chi connectivity index (χ0v) is 9.58. The van der Waals surface area contributed by atoms with Gasteiger partial charge in [-0.1, -0.05) is 6.42 Å². The number of amides is 1. The van der Waals surface area contributed by atoms with Crippen LogP contribution in [0.5, 0.6) is 0 Å². The number of hydrogen-bond donors (Lipinski definition) is 1. The van der Waals surface area contributed by atoms with E-state index in [-0.39, 0.29) is 6.04 Å². The molecule has 0 aromatic rings. The molecule has 0 aliphatic heterocycles. The number of hydrogen-bond acceptors (Lipinski definition) is 3. The lowest BCUT2D eigenvalue weighted by atomic mass is 9.80. The topological polar surface area (TPSA) is 55.4 Å². The van der Waals surface area contributed by atoms with Gasteiger partial charge in [-0.25, -0.2) is 4.79 Å². The summed E-state index contributed by atoms with van der Waals surface area (Å²) in [6, 6.07) is -0.381. The normalized spacial score (nSPS) is 18.9. The van der Waals surface area contributed by atoms with Crippen LogP contribution in [0.25, 0.3) is 0 Å². The van der Waals surface area contributed by atoms with E-state index in [0.29, 0.717) is 5.92 Å². The quantitative estimate of drug-likeness (QED) is 0.728. The Hall–Kier alpha value is -1.06. The van der Waals surface area contributed by atoms with Crippen LogP contribution in [0, 0.1) is 5.92 Å². The van der Waals surface area contributed by atoms with Gasteiger partial charge in [-0.15, -0.1) is 0 Å². The van der Waals surface area contributed by atoms with Crippen molar-refractivity contribution in [2.24, 2.45) is 5.92 Å². The number of carbonyl (C=O) groups excluding carboxylic acids is 2. The Bertz CT molecular complexity index is 241. The number of ether oxygens (including phenoxy) is 1. The molecule has 1 saturated carbocycles. The predicted molar refractivity (Wildman–Crippen MR) is 56.6 cm³/mol. The Labute approximate surface area is 90.4 Å². The molecule has 0 heterocycles. The SMILES string of the molecule is CC(C)(C)OC(=O)NC(C=O)C1CCC1. The summed E-state index contributed by atoms with van der Waals surface area (Å²) in [6.07, 6.45) is 3.46. The van der Waals surface area contributed by atoms with E-state index in [2.05, 4.69) is 5.32 Å². The second-order valence-corrected chi connectivity index (χ2v) is 5.00. The third-order valence-electron chi connectivity index (χ3n) is 2.49. The summed E-state index contributed by atoms with van der Waals surface area (Å²) in [5.41, 5.74) is -0.517. The second kappa shape index (κ2) is 4.64. The molecule has 0 radical (unpaired) electrons. The van der Waals surface area contributed by atoms with Crippen molar-refractivity contribution >= 4 is 12.4 Å². The van der Waals surface area contributed by atoms with Gasteiger partial charge in [0.15, 0.2) is 0 Å². The van der Waals surface area contributed by atoms with E-state index in [9.17, 15) is 9.59 Å². The lowest BCUT2D eigenvalue weighted by molar-refractivity contribution is -0.111. The fourth-order valence-corrected chi connectivity index (χ4v) is 1.51. The molecule has 15 heavy (non-hydrogen) atoms. The molecule has 0 saturated heterocycles. The molecule has 1 aliphatic rings. The standard InChI is InChI=1S/C11H19NO3/c1-11(2,3)15-10(14)12-9(7-13)8-5-4-6-8/h7-9H,4-6H2,1-3H3,(H,12,14). The number of carbonyl (C=O) groups is 2. The van der Waals surface area contributed by atoms with Crippen LogP contribution in [0.15, 0.2) is 0 Å². The Morgan fingerprint density at radius 1 is 1.47 bits per heavy atom. The average molecular weight is 213 g/mol. The average Bonchev–Trinajstić information content (AvgIpc) is 1.95. The van der Waals surface area contributed by atoms with E-state index in [1.807, 2.05) is 0 Å². The van der Waals surface area contributed by atoms with Gasteiger partial charge in [-0.05, 0) is 39.5 Å². The fraction of sp³-hybridized carbons (Fsp3) is 0.818. The van der Waals surface area contributed by atoms with E-state index in [4.69, 9.17) is 4.74 Å². The van der Waals surface area contributed by atoms with E-state index in [1.165, 1.54) is 0 Å². The Morgan fingerprint density at radius 2 is 2.07 bits per heavy atom. The first-order chi connectivity index (χ1) is 6.92. The molecule has 1 atom stereocenters.